The van der Waals surface area contributed by atoms with Crippen LogP contribution in [0, 0.1) is 0 Å². The van der Waals surface area contributed by atoms with Gasteiger partial charge in [-0.15, -0.1) is 0 Å². The molecule has 1 aromatic rings. The maximum Gasteiger partial charge on any atom is 0.244 e. The molecular formula is C14H19NO4S. The fraction of sp³-hybridized carbons (Fsp3) is 0.357. The maximum atomic E-state index is 11.9. The molecule has 1 rings (SSSR count). The van der Waals surface area contributed by atoms with Crippen molar-refractivity contribution in [1.29, 1.82) is 0 Å². The Morgan fingerprint density at radius 1 is 1.30 bits per heavy atom. The Balaban J connectivity index is 2.66. The highest BCUT2D eigenvalue weighted by molar-refractivity contribution is 7.94. The largest absolute Gasteiger partial charge is 0.393 e. The Morgan fingerprint density at radius 3 is 2.45 bits per heavy atom. The quantitative estimate of drug-likeness (QED) is 0.774. The van der Waals surface area contributed by atoms with Crippen LogP contribution in [-0.4, -0.2) is 31.6 Å². The van der Waals surface area contributed by atoms with Gasteiger partial charge in [0, 0.05) is 17.5 Å². The van der Waals surface area contributed by atoms with Crippen molar-refractivity contribution in [3.05, 3.63) is 41.8 Å². The molecule has 20 heavy (non-hydrogen) atoms. The van der Waals surface area contributed by atoms with Gasteiger partial charge in [-0.05, 0) is 32.4 Å². The first-order valence-electron chi connectivity index (χ1n) is 6.28. The van der Waals surface area contributed by atoms with Crippen molar-refractivity contribution in [1.82, 2.24) is 5.32 Å². The van der Waals surface area contributed by atoms with E-state index in [0.29, 0.717) is 6.42 Å². The van der Waals surface area contributed by atoms with Gasteiger partial charge in [0.2, 0.25) is 5.91 Å². The van der Waals surface area contributed by atoms with E-state index < -0.39 is 21.8 Å². The number of sulfone groups is 1. The molecule has 2 N–H and O–H groups in total. The number of rotatable bonds is 6. The molecule has 0 aromatic heterocycles. The zero-order chi connectivity index (χ0) is 15.2. The van der Waals surface area contributed by atoms with Gasteiger partial charge in [0.15, 0.2) is 9.84 Å². The summed E-state index contributed by atoms with van der Waals surface area (Å²) in [6, 6.07) is 7.65. The lowest BCUT2D eigenvalue weighted by Crippen LogP contribution is -2.33. The Labute approximate surface area is 119 Å². The Kier molecular flexibility index (Phi) is 5.91. The summed E-state index contributed by atoms with van der Waals surface area (Å²) in [6.07, 6.45) is 0.869. The number of hydrogen-bond donors (Lipinski definition) is 2. The van der Waals surface area contributed by atoms with E-state index in [1.54, 1.807) is 32.0 Å². The van der Waals surface area contributed by atoms with Crippen LogP contribution in [0.5, 0.6) is 0 Å². The number of aliphatic hydroxyl groups excluding tert-OH is 1. The van der Waals surface area contributed by atoms with Gasteiger partial charge in [-0.25, -0.2) is 8.42 Å². The minimum atomic E-state index is -3.60. The molecule has 0 heterocycles. The third-order valence-electron chi connectivity index (χ3n) is 2.55. The molecule has 0 saturated carbocycles. The van der Waals surface area contributed by atoms with Gasteiger partial charge in [-0.2, -0.15) is 0 Å². The first-order chi connectivity index (χ1) is 9.31. The summed E-state index contributed by atoms with van der Waals surface area (Å²) in [5.41, 5.74) is 0. The van der Waals surface area contributed by atoms with Crippen molar-refractivity contribution in [3.63, 3.8) is 0 Å². The van der Waals surface area contributed by atoms with Crippen LogP contribution in [0.3, 0.4) is 0 Å². The van der Waals surface area contributed by atoms with Gasteiger partial charge >= 0.3 is 0 Å². The zero-order valence-electron chi connectivity index (χ0n) is 11.5. The van der Waals surface area contributed by atoms with Crippen molar-refractivity contribution in [2.45, 2.75) is 37.3 Å². The molecular weight excluding hydrogens is 278 g/mol. The van der Waals surface area contributed by atoms with E-state index in [1.807, 2.05) is 0 Å². The monoisotopic (exact) mass is 297 g/mol. The molecule has 0 bridgehead atoms. The lowest BCUT2D eigenvalue weighted by molar-refractivity contribution is -0.117. The number of carbonyl (C=O) groups is 1. The van der Waals surface area contributed by atoms with E-state index in [4.69, 9.17) is 0 Å². The number of nitrogens with one attached hydrogen (secondary N) is 1. The Hall–Kier alpha value is -1.66. The average Bonchev–Trinajstić information content (AvgIpc) is 2.36. The molecule has 0 saturated heterocycles. The number of aliphatic hydroxyl groups is 1. The predicted molar refractivity (Wildman–Crippen MR) is 76.7 cm³/mol. The SMILES string of the molecule is CC(O)CC(C)NC(=O)/C=C/S(=O)(=O)c1ccccc1. The molecule has 2 unspecified atom stereocenters. The van der Waals surface area contributed by atoms with Crippen molar-refractivity contribution in [2.24, 2.45) is 0 Å². The van der Waals surface area contributed by atoms with Gasteiger partial charge in [-0.3, -0.25) is 4.79 Å². The van der Waals surface area contributed by atoms with E-state index in [9.17, 15) is 18.3 Å². The second-order valence-electron chi connectivity index (χ2n) is 4.66. The van der Waals surface area contributed by atoms with E-state index in [0.717, 1.165) is 11.5 Å². The molecule has 110 valence electrons. The van der Waals surface area contributed by atoms with Crippen LogP contribution >= 0.6 is 0 Å². The van der Waals surface area contributed by atoms with Gasteiger partial charge in [-0.1, -0.05) is 18.2 Å². The average molecular weight is 297 g/mol. The van der Waals surface area contributed by atoms with Crippen molar-refractivity contribution < 1.29 is 18.3 Å². The van der Waals surface area contributed by atoms with Crippen LogP contribution in [0.1, 0.15) is 20.3 Å². The molecule has 1 aromatic carbocycles. The molecule has 2 atom stereocenters. The van der Waals surface area contributed by atoms with Crippen LogP contribution in [0.15, 0.2) is 46.7 Å². The van der Waals surface area contributed by atoms with E-state index in [2.05, 4.69) is 5.32 Å². The minimum absolute atomic E-state index is 0.140. The van der Waals surface area contributed by atoms with E-state index in [1.165, 1.54) is 12.1 Å². The van der Waals surface area contributed by atoms with Crippen molar-refractivity contribution in [3.8, 4) is 0 Å². The van der Waals surface area contributed by atoms with Crippen molar-refractivity contribution >= 4 is 15.7 Å². The lowest BCUT2D eigenvalue weighted by atomic mass is 10.1. The molecule has 0 aliphatic rings. The minimum Gasteiger partial charge on any atom is -0.393 e. The topological polar surface area (TPSA) is 83.5 Å². The zero-order valence-corrected chi connectivity index (χ0v) is 12.3. The molecule has 0 aliphatic carbocycles. The lowest BCUT2D eigenvalue weighted by Gasteiger charge is -2.13. The van der Waals surface area contributed by atoms with Crippen LogP contribution in [0.25, 0.3) is 0 Å². The number of hydrogen-bond acceptors (Lipinski definition) is 4. The molecule has 0 spiro atoms. The third kappa shape index (κ3) is 5.54. The highest BCUT2D eigenvalue weighted by atomic mass is 32.2. The molecule has 1 amide bonds. The summed E-state index contributed by atoms with van der Waals surface area (Å²) < 4.78 is 23.8. The highest BCUT2D eigenvalue weighted by Crippen LogP contribution is 2.10. The van der Waals surface area contributed by atoms with Crippen LogP contribution in [-0.2, 0) is 14.6 Å². The number of amides is 1. The maximum absolute atomic E-state index is 11.9. The van der Waals surface area contributed by atoms with E-state index >= 15 is 0 Å². The van der Waals surface area contributed by atoms with Crippen LogP contribution in [0.4, 0.5) is 0 Å². The fourth-order valence-corrected chi connectivity index (χ4v) is 2.70. The first-order valence-corrected chi connectivity index (χ1v) is 7.82. The van der Waals surface area contributed by atoms with Gasteiger partial charge < -0.3 is 10.4 Å². The van der Waals surface area contributed by atoms with E-state index in [-0.39, 0.29) is 10.9 Å². The predicted octanol–water partition coefficient (Wildman–Crippen LogP) is 1.25. The number of benzene rings is 1. The summed E-state index contributed by atoms with van der Waals surface area (Å²) in [4.78, 5) is 11.7. The second kappa shape index (κ2) is 7.21. The van der Waals surface area contributed by atoms with Crippen molar-refractivity contribution in [2.75, 3.05) is 0 Å². The fourth-order valence-electron chi connectivity index (χ4n) is 1.70. The Morgan fingerprint density at radius 2 is 1.90 bits per heavy atom. The highest BCUT2D eigenvalue weighted by Gasteiger charge is 2.11. The van der Waals surface area contributed by atoms with Gasteiger partial charge in [0.05, 0.1) is 11.0 Å². The van der Waals surface area contributed by atoms with Crippen LogP contribution in [0.2, 0.25) is 0 Å². The Bertz CT molecular complexity index is 564. The molecule has 0 fully saturated rings. The summed E-state index contributed by atoms with van der Waals surface area (Å²) in [6.45, 7) is 3.36. The molecule has 0 aliphatic heterocycles. The summed E-state index contributed by atoms with van der Waals surface area (Å²) >= 11 is 0. The van der Waals surface area contributed by atoms with Gasteiger partial charge in [0.1, 0.15) is 0 Å². The normalized spacial score (nSPS) is 14.9. The number of carbonyl (C=O) groups excluding carboxylic acids is 1. The molecule has 0 radical (unpaired) electrons. The van der Waals surface area contributed by atoms with Gasteiger partial charge in [0.25, 0.3) is 0 Å². The smallest absolute Gasteiger partial charge is 0.244 e. The first kappa shape index (κ1) is 16.4. The van der Waals surface area contributed by atoms with Crippen LogP contribution < -0.4 is 5.32 Å². The second-order valence-corrected chi connectivity index (χ2v) is 6.49. The summed E-state index contributed by atoms with van der Waals surface area (Å²) in [7, 11) is -3.60. The third-order valence-corrected chi connectivity index (χ3v) is 3.98. The summed E-state index contributed by atoms with van der Waals surface area (Å²) in [5, 5.41) is 12.6. The summed E-state index contributed by atoms with van der Waals surface area (Å²) in [5.74, 6) is -0.502. The molecule has 5 nitrogen and oxygen atoms in total. The standard InChI is InChI=1S/C14H19NO4S/c1-11(10-12(2)16)15-14(17)8-9-20(18,19)13-6-4-3-5-7-13/h3-9,11-12,16H,10H2,1-2H3,(H,15,17)/b9-8+. The molecule has 6 heteroatoms.